The Labute approximate surface area is 127 Å². The fourth-order valence-corrected chi connectivity index (χ4v) is 2.51. The third kappa shape index (κ3) is 3.57. The molecule has 2 aromatic rings. The van der Waals surface area contributed by atoms with E-state index in [1.165, 1.54) is 36.4 Å². The summed E-state index contributed by atoms with van der Waals surface area (Å²) < 4.78 is 22.3. The van der Waals surface area contributed by atoms with Crippen molar-refractivity contribution in [2.24, 2.45) is 5.14 Å². The number of sulfonamides is 1. The second kappa shape index (κ2) is 6.08. The van der Waals surface area contributed by atoms with Gasteiger partial charge >= 0.3 is 5.97 Å². The molecule has 0 heterocycles. The van der Waals surface area contributed by atoms with Gasteiger partial charge in [0.2, 0.25) is 10.0 Å². The Bertz CT molecular complexity index is 825. The van der Waals surface area contributed by atoms with E-state index in [0.29, 0.717) is 5.56 Å². The Balaban J connectivity index is 2.25. The molecule has 0 bridgehead atoms. The highest BCUT2D eigenvalue weighted by Crippen LogP contribution is 2.14. The lowest BCUT2D eigenvalue weighted by molar-refractivity contribution is 0.0692. The fraction of sp³-hybridized carbons (Fsp3) is 0.0667. The van der Waals surface area contributed by atoms with Gasteiger partial charge in [-0.05, 0) is 23.8 Å². The third-order valence-electron chi connectivity index (χ3n) is 3.07. The number of nitrogens with two attached hydrogens (primary N) is 1. The summed E-state index contributed by atoms with van der Waals surface area (Å²) in [7, 11) is -3.78. The minimum Gasteiger partial charge on any atom is -0.478 e. The summed E-state index contributed by atoms with van der Waals surface area (Å²) in [6.45, 7) is 0. The molecule has 0 aliphatic carbocycles. The van der Waals surface area contributed by atoms with Crippen LogP contribution < -0.4 is 5.14 Å². The van der Waals surface area contributed by atoms with Crippen LogP contribution >= 0.6 is 0 Å². The largest absolute Gasteiger partial charge is 0.478 e. The van der Waals surface area contributed by atoms with Crippen LogP contribution in [-0.4, -0.2) is 25.3 Å². The van der Waals surface area contributed by atoms with Crippen LogP contribution in [0.2, 0.25) is 0 Å². The molecular weight excluding hydrogens is 306 g/mol. The predicted octanol–water partition coefficient (Wildman–Crippen LogP) is 1.46. The maximum absolute atomic E-state index is 12.2. The lowest BCUT2D eigenvalue weighted by Gasteiger charge is -2.06. The van der Waals surface area contributed by atoms with Crippen molar-refractivity contribution in [1.82, 2.24) is 0 Å². The number of ketones is 1. The van der Waals surface area contributed by atoms with Crippen LogP contribution in [0.4, 0.5) is 0 Å². The molecule has 0 aliphatic rings. The Morgan fingerprint density at radius 2 is 1.50 bits per heavy atom. The molecule has 0 atom stereocenters. The van der Waals surface area contributed by atoms with Gasteiger partial charge in [0, 0.05) is 12.0 Å². The van der Waals surface area contributed by atoms with Crippen LogP contribution in [0.25, 0.3) is 0 Å². The summed E-state index contributed by atoms with van der Waals surface area (Å²) in [5.74, 6) is -1.53. The molecule has 0 saturated heterocycles. The summed E-state index contributed by atoms with van der Waals surface area (Å²) in [6, 6.07) is 11.5. The zero-order valence-electron chi connectivity index (χ0n) is 11.4. The first-order valence-electron chi connectivity index (χ1n) is 6.26. The van der Waals surface area contributed by atoms with Gasteiger partial charge in [0.1, 0.15) is 0 Å². The Morgan fingerprint density at radius 1 is 0.955 bits per heavy atom. The molecular formula is C15H13NO5S. The number of carbonyl (C=O) groups excluding carboxylic acids is 1. The van der Waals surface area contributed by atoms with Crippen molar-refractivity contribution in [3.8, 4) is 0 Å². The quantitative estimate of drug-likeness (QED) is 0.810. The second-order valence-electron chi connectivity index (χ2n) is 4.64. The Kier molecular flexibility index (Phi) is 4.39. The summed E-state index contributed by atoms with van der Waals surface area (Å²) in [5, 5.41) is 14.1. The number of carbonyl (C=O) groups is 2. The second-order valence-corrected chi connectivity index (χ2v) is 6.20. The molecule has 0 saturated carbocycles. The van der Waals surface area contributed by atoms with Crippen molar-refractivity contribution in [3.63, 3.8) is 0 Å². The molecule has 22 heavy (non-hydrogen) atoms. The van der Waals surface area contributed by atoms with E-state index in [1.807, 2.05) is 0 Å². The molecule has 3 N–H and O–H groups in total. The van der Waals surface area contributed by atoms with Gasteiger partial charge in [0.15, 0.2) is 5.78 Å². The normalized spacial score (nSPS) is 11.1. The van der Waals surface area contributed by atoms with Crippen molar-refractivity contribution < 1.29 is 23.1 Å². The molecule has 0 radical (unpaired) electrons. The Morgan fingerprint density at radius 3 is 2.00 bits per heavy atom. The molecule has 114 valence electrons. The number of carboxylic acid groups (broad SMARTS) is 1. The van der Waals surface area contributed by atoms with Gasteiger partial charge in [-0.25, -0.2) is 18.4 Å². The highest BCUT2D eigenvalue weighted by molar-refractivity contribution is 7.89. The maximum Gasteiger partial charge on any atom is 0.336 e. The average molecular weight is 319 g/mol. The number of Topliss-reactive ketones (excluding diaryl/α,β-unsaturated/α-hetero) is 1. The van der Waals surface area contributed by atoms with Gasteiger partial charge in [-0.2, -0.15) is 0 Å². The number of hydrogen-bond acceptors (Lipinski definition) is 4. The van der Waals surface area contributed by atoms with E-state index in [1.54, 1.807) is 12.1 Å². The number of primary sulfonamides is 1. The SMILES string of the molecule is NS(=O)(=O)c1ccc(CC(=O)c2ccccc2C(=O)O)cc1. The summed E-state index contributed by atoms with van der Waals surface area (Å²) in [6.07, 6.45) is -0.0325. The van der Waals surface area contributed by atoms with Crippen LogP contribution in [0, 0.1) is 0 Å². The van der Waals surface area contributed by atoms with Crippen molar-refractivity contribution in [2.45, 2.75) is 11.3 Å². The van der Waals surface area contributed by atoms with Crippen molar-refractivity contribution in [3.05, 3.63) is 65.2 Å². The monoisotopic (exact) mass is 319 g/mol. The van der Waals surface area contributed by atoms with Gasteiger partial charge in [-0.1, -0.05) is 30.3 Å². The first kappa shape index (κ1) is 15.9. The number of carboxylic acids is 1. The average Bonchev–Trinajstić information content (AvgIpc) is 2.46. The molecule has 0 aromatic heterocycles. The first-order valence-corrected chi connectivity index (χ1v) is 7.81. The summed E-state index contributed by atoms with van der Waals surface area (Å²) in [4.78, 5) is 23.3. The molecule has 6 nitrogen and oxygen atoms in total. The van der Waals surface area contributed by atoms with Crippen LogP contribution in [0.1, 0.15) is 26.3 Å². The van der Waals surface area contributed by atoms with Gasteiger partial charge < -0.3 is 5.11 Å². The molecule has 7 heteroatoms. The highest BCUT2D eigenvalue weighted by atomic mass is 32.2. The van der Waals surface area contributed by atoms with Crippen molar-refractivity contribution >= 4 is 21.8 Å². The zero-order chi connectivity index (χ0) is 16.3. The molecule has 0 aliphatic heterocycles. The van der Waals surface area contributed by atoms with Gasteiger partial charge in [-0.15, -0.1) is 0 Å². The lowest BCUT2D eigenvalue weighted by Crippen LogP contribution is -2.13. The van der Waals surface area contributed by atoms with Crippen LogP contribution in [0.3, 0.4) is 0 Å². The van der Waals surface area contributed by atoms with Crippen LogP contribution in [0.5, 0.6) is 0 Å². The lowest BCUT2D eigenvalue weighted by atomic mass is 9.98. The minimum atomic E-state index is -3.78. The number of aromatic carboxylic acids is 1. The van der Waals surface area contributed by atoms with Crippen molar-refractivity contribution in [1.29, 1.82) is 0 Å². The molecule has 2 aromatic carbocycles. The standard InChI is InChI=1S/C15H13NO5S/c16-22(20,21)11-7-5-10(6-8-11)9-14(17)12-3-1-2-4-13(12)15(18)19/h1-8H,9H2,(H,18,19)(H2,16,20,21). The van der Waals surface area contributed by atoms with E-state index in [0.717, 1.165) is 0 Å². The number of rotatable bonds is 5. The van der Waals surface area contributed by atoms with Gasteiger partial charge in [0.05, 0.1) is 10.5 Å². The number of hydrogen-bond donors (Lipinski definition) is 2. The predicted molar refractivity (Wildman–Crippen MR) is 79.3 cm³/mol. The van der Waals surface area contributed by atoms with Crippen LogP contribution in [0.15, 0.2) is 53.4 Å². The van der Waals surface area contributed by atoms with Gasteiger partial charge in [0.25, 0.3) is 0 Å². The summed E-state index contributed by atoms with van der Waals surface area (Å²) in [5.41, 5.74) is 0.622. The molecule has 2 rings (SSSR count). The van der Waals surface area contributed by atoms with E-state index in [4.69, 9.17) is 10.2 Å². The third-order valence-corrected chi connectivity index (χ3v) is 4.00. The van der Waals surface area contributed by atoms with E-state index < -0.39 is 16.0 Å². The fourth-order valence-electron chi connectivity index (χ4n) is 1.99. The first-order chi connectivity index (χ1) is 10.3. The van der Waals surface area contributed by atoms with E-state index in [9.17, 15) is 18.0 Å². The molecule has 0 spiro atoms. The molecule has 0 fully saturated rings. The van der Waals surface area contributed by atoms with Crippen molar-refractivity contribution in [2.75, 3.05) is 0 Å². The summed E-state index contributed by atoms with van der Waals surface area (Å²) >= 11 is 0. The molecule has 0 amide bonds. The van der Waals surface area contributed by atoms with E-state index in [2.05, 4.69) is 0 Å². The Hall–Kier alpha value is -2.51. The minimum absolute atomic E-state index is 0.0325. The van der Waals surface area contributed by atoms with Gasteiger partial charge in [-0.3, -0.25) is 4.79 Å². The topological polar surface area (TPSA) is 115 Å². The number of benzene rings is 2. The highest BCUT2D eigenvalue weighted by Gasteiger charge is 2.16. The molecule has 0 unspecified atom stereocenters. The maximum atomic E-state index is 12.2. The van der Waals surface area contributed by atoms with Crippen LogP contribution in [-0.2, 0) is 16.4 Å². The smallest absolute Gasteiger partial charge is 0.336 e. The zero-order valence-corrected chi connectivity index (χ0v) is 12.2. The van der Waals surface area contributed by atoms with E-state index >= 15 is 0 Å². The van der Waals surface area contributed by atoms with E-state index in [-0.39, 0.29) is 28.2 Å².